The smallest absolute Gasteiger partial charge is 0.251 e. The number of hydrogen-bond acceptors (Lipinski definition) is 5. The molecule has 0 aliphatic rings. The lowest BCUT2D eigenvalue weighted by molar-refractivity contribution is 0.0939. The van der Waals surface area contributed by atoms with E-state index in [0.29, 0.717) is 30.3 Å². The van der Waals surface area contributed by atoms with Crippen molar-refractivity contribution in [3.63, 3.8) is 0 Å². The normalized spacial score (nSPS) is 12.3. The Kier molecular flexibility index (Phi) is 8.08. The van der Waals surface area contributed by atoms with Crippen LogP contribution in [0.4, 0.5) is 0 Å². The van der Waals surface area contributed by atoms with Gasteiger partial charge in [-0.1, -0.05) is 19.9 Å². The minimum atomic E-state index is -3.29. The third-order valence-corrected chi connectivity index (χ3v) is 5.41. The Hall–Kier alpha value is -2.54. The lowest BCUT2D eigenvalue weighted by atomic mass is 10.1. The van der Waals surface area contributed by atoms with E-state index in [9.17, 15) is 13.2 Å². The van der Waals surface area contributed by atoms with Gasteiger partial charge in [0.15, 0.2) is 21.3 Å². The largest absolute Gasteiger partial charge is 0.490 e. The van der Waals surface area contributed by atoms with E-state index in [0.717, 1.165) is 24.7 Å². The number of carbonyl (C=O) groups is 1. The fourth-order valence-electron chi connectivity index (χ4n) is 2.67. The fourth-order valence-corrected chi connectivity index (χ4v) is 3.30. The highest BCUT2D eigenvalue weighted by molar-refractivity contribution is 7.90. The molecule has 0 aliphatic carbocycles. The molecule has 0 bridgehead atoms. The SMILES string of the molecule is CCCOc1ccc([C@H](C)NC(=O)c2ccc(S(C)(=O)=O)cc2)cc1OCCC. The maximum absolute atomic E-state index is 12.5. The Bertz CT molecular complexity index is 923. The van der Waals surface area contributed by atoms with E-state index in [1.165, 1.54) is 24.3 Å². The molecule has 0 saturated carbocycles. The first kappa shape index (κ1) is 22.7. The van der Waals surface area contributed by atoms with Crippen molar-refractivity contribution in [2.24, 2.45) is 0 Å². The summed E-state index contributed by atoms with van der Waals surface area (Å²) < 4.78 is 34.7. The molecule has 0 heterocycles. The molecule has 0 radical (unpaired) electrons. The fraction of sp³-hybridized carbons (Fsp3) is 0.409. The molecular formula is C22H29NO5S. The van der Waals surface area contributed by atoms with E-state index in [2.05, 4.69) is 5.32 Å². The van der Waals surface area contributed by atoms with Crippen LogP contribution in [0.5, 0.6) is 11.5 Å². The molecular weight excluding hydrogens is 390 g/mol. The zero-order chi connectivity index (χ0) is 21.4. The third kappa shape index (κ3) is 6.49. The summed E-state index contributed by atoms with van der Waals surface area (Å²) in [6.45, 7) is 7.15. The summed E-state index contributed by atoms with van der Waals surface area (Å²) in [4.78, 5) is 12.7. The van der Waals surface area contributed by atoms with Crippen LogP contribution in [0.1, 0.15) is 55.6 Å². The van der Waals surface area contributed by atoms with Gasteiger partial charge in [0.05, 0.1) is 24.2 Å². The molecule has 0 unspecified atom stereocenters. The van der Waals surface area contributed by atoms with Crippen LogP contribution in [0.25, 0.3) is 0 Å². The van der Waals surface area contributed by atoms with Crippen LogP contribution in [-0.2, 0) is 9.84 Å². The standard InChI is InChI=1S/C22H29NO5S/c1-5-13-27-20-12-9-18(15-21(20)28-14-6-2)16(3)23-22(24)17-7-10-19(11-8-17)29(4,25)26/h7-12,15-16H,5-6,13-14H2,1-4H3,(H,23,24)/t16-/m0/s1. The minimum Gasteiger partial charge on any atom is -0.490 e. The molecule has 0 spiro atoms. The lowest BCUT2D eigenvalue weighted by Crippen LogP contribution is -2.26. The van der Waals surface area contributed by atoms with Crippen LogP contribution < -0.4 is 14.8 Å². The molecule has 0 fully saturated rings. The first-order chi connectivity index (χ1) is 13.8. The van der Waals surface area contributed by atoms with Gasteiger partial charge in [-0.2, -0.15) is 0 Å². The van der Waals surface area contributed by atoms with Crippen LogP contribution in [0.15, 0.2) is 47.4 Å². The van der Waals surface area contributed by atoms with Crippen LogP contribution in [-0.4, -0.2) is 33.8 Å². The number of nitrogens with one attached hydrogen (secondary N) is 1. The predicted octanol–water partition coefficient (Wildman–Crippen LogP) is 4.16. The van der Waals surface area contributed by atoms with Crippen LogP contribution in [0.2, 0.25) is 0 Å². The van der Waals surface area contributed by atoms with Gasteiger partial charge in [0.25, 0.3) is 5.91 Å². The van der Waals surface area contributed by atoms with Gasteiger partial charge < -0.3 is 14.8 Å². The monoisotopic (exact) mass is 419 g/mol. The van der Waals surface area contributed by atoms with Crippen molar-refractivity contribution in [3.8, 4) is 11.5 Å². The van der Waals surface area contributed by atoms with Crippen molar-refractivity contribution >= 4 is 15.7 Å². The van der Waals surface area contributed by atoms with E-state index < -0.39 is 9.84 Å². The first-order valence-electron chi connectivity index (χ1n) is 9.76. The van der Waals surface area contributed by atoms with Gasteiger partial charge in [-0.15, -0.1) is 0 Å². The van der Waals surface area contributed by atoms with Gasteiger partial charge in [0.1, 0.15) is 0 Å². The maximum atomic E-state index is 12.5. The molecule has 1 N–H and O–H groups in total. The number of sulfone groups is 1. The highest BCUT2D eigenvalue weighted by atomic mass is 32.2. The van der Waals surface area contributed by atoms with Crippen molar-refractivity contribution in [1.29, 1.82) is 0 Å². The Balaban J connectivity index is 2.14. The maximum Gasteiger partial charge on any atom is 0.251 e. The topological polar surface area (TPSA) is 81.7 Å². The molecule has 7 heteroatoms. The molecule has 158 valence electrons. The molecule has 0 saturated heterocycles. The number of hydrogen-bond donors (Lipinski definition) is 1. The van der Waals surface area contributed by atoms with Crippen molar-refractivity contribution in [2.75, 3.05) is 19.5 Å². The van der Waals surface area contributed by atoms with E-state index in [4.69, 9.17) is 9.47 Å². The summed E-state index contributed by atoms with van der Waals surface area (Å²) >= 11 is 0. The van der Waals surface area contributed by atoms with Crippen LogP contribution in [0, 0.1) is 0 Å². The number of benzene rings is 2. The average molecular weight is 420 g/mol. The van der Waals surface area contributed by atoms with E-state index in [1.54, 1.807) is 0 Å². The first-order valence-corrected chi connectivity index (χ1v) is 11.7. The number of amides is 1. The number of ether oxygens (including phenoxy) is 2. The molecule has 0 aromatic heterocycles. The second kappa shape index (κ2) is 10.3. The molecule has 1 amide bonds. The highest BCUT2D eigenvalue weighted by Crippen LogP contribution is 2.31. The number of carbonyl (C=O) groups excluding carboxylic acids is 1. The van der Waals surface area contributed by atoms with Crippen molar-refractivity contribution in [2.45, 2.75) is 44.6 Å². The molecule has 0 aliphatic heterocycles. The Morgan fingerprint density at radius 3 is 2.10 bits per heavy atom. The summed E-state index contributed by atoms with van der Waals surface area (Å²) in [5, 5.41) is 2.93. The van der Waals surface area contributed by atoms with E-state index >= 15 is 0 Å². The summed E-state index contributed by atoms with van der Waals surface area (Å²) in [5.74, 6) is 1.08. The Morgan fingerprint density at radius 2 is 1.55 bits per heavy atom. The van der Waals surface area contributed by atoms with Gasteiger partial charge >= 0.3 is 0 Å². The van der Waals surface area contributed by atoms with Gasteiger partial charge in [-0.3, -0.25) is 4.79 Å². The van der Waals surface area contributed by atoms with Gasteiger partial charge in [-0.05, 0) is 61.7 Å². The molecule has 1 atom stereocenters. The second-order valence-electron chi connectivity index (χ2n) is 6.89. The van der Waals surface area contributed by atoms with Crippen molar-refractivity contribution in [1.82, 2.24) is 5.32 Å². The zero-order valence-corrected chi connectivity index (χ0v) is 18.2. The van der Waals surface area contributed by atoms with Crippen LogP contribution in [0.3, 0.4) is 0 Å². The van der Waals surface area contributed by atoms with Crippen molar-refractivity contribution in [3.05, 3.63) is 53.6 Å². The average Bonchev–Trinajstić information content (AvgIpc) is 2.70. The molecule has 6 nitrogen and oxygen atoms in total. The van der Waals surface area contributed by atoms with Gasteiger partial charge in [0, 0.05) is 11.8 Å². The third-order valence-electron chi connectivity index (χ3n) is 4.28. The zero-order valence-electron chi connectivity index (χ0n) is 17.4. The molecule has 2 aromatic carbocycles. The minimum absolute atomic E-state index is 0.183. The lowest BCUT2D eigenvalue weighted by Gasteiger charge is -2.18. The predicted molar refractivity (Wildman–Crippen MR) is 113 cm³/mol. The van der Waals surface area contributed by atoms with E-state index in [1.807, 2.05) is 39.0 Å². The molecule has 2 aromatic rings. The molecule has 29 heavy (non-hydrogen) atoms. The van der Waals surface area contributed by atoms with Crippen LogP contribution >= 0.6 is 0 Å². The van der Waals surface area contributed by atoms with Gasteiger partial charge in [0.2, 0.25) is 0 Å². The Labute approximate surface area is 173 Å². The number of rotatable bonds is 10. The summed E-state index contributed by atoms with van der Waals surface area (Å²) in [6.07, 6.45) is 2.92. The molecule has 2 rings (SSSR count). The van der Waals surface area contributed by atoms with Crippen molar-refractivity contribution < 1.29 is 22.7 Å². The highest BCUT2D eigenvalue weighted by Gasteiger charge is 2.15. The quantitative estimate of drug-likeness (QED) is 0.625. The second-order valence-corrected chi connectivity index (χ2v) is 8.91. The van der Waals surface area contributed by atoms with E-state index in [-0.39, 0.29) is 16.8 Å². The van der Waals surface area contributed by atoms with Gasteiger partial charge in [-0.25, -0.2) is 8.42 Å². The summed E-state index contributed by atoms with van der Waals surface area (Å²) in [5.41, 5.74) is 1.29. The summed E-state index contributed by atoms with van der Waals surface area (Å²) in [7, 11) is -3.29. The Morgan fingerprint density at radius 1 is 0.966 bits per heavy atom. The summed E-state index contributed by atoms with van der Waals surface area (Å²) in [6, 6.07) is 11.3.